The van der Waals surface area contributed by atoms with Gasteiger partial charge in [0.05, 0.1) is 31.8 Å². The van der Waals surface area contributed by atoms with Crippen LogP contribution in [0.3, 0.4) is 0 Å². The number of piperazine rings is 1. The molecule has 0 bridgehead atoms. The van der Waals surface area contributed by atoms with Crippen molar-refractivity contribution in [3.63, 3.8) is 0 Å². The molecule has 2 aromatic carbocycles. The lowest BCUT2D eigenvalue weighted by atomic mass is 9.96. The van der Waals surface area contributed by atoms with Crippen LogP contribution in [0.25, 0.3) is 0 Å². The van der Waals surface area contributed by atoms with E-state index in [1.54, 1.807) is 24.8 Å². The number of alkyl halides is 3. The summed E-state index contributed by atoms with van der Waals surface area (Å²) in [5.74, 6) is 0.800. The number of benzene rings is 2. The van der Waals surface area contributed by atoms with Crippen LogP contribution < -0.4 is 9.47 Å². The van der Waals surface area contributed by atoms with Crippen LogP contribution >= 0.6 is 0 Å². The van der Waals surface area contributed by atoms with Crippen molar-refractivity contribution in [3.05, 3.63) is 58.1 Å². The molecule has 8 nitrogen and oxygen atoms in total. The first-order chi connectivity index (χ1) is 19.5. The zero-order chi connectivity index (χ0) is 29.3. The number of hydrogen-bond acceptors (Lipinski definition) is 7. The van der Waals surface area contributed by atoms with E-state index in [0.717, 1.165) is 17.2 Å². The van der Waals surface area contributed by atoms with Crippen molar-refractivity contribution in [1.29, 1.82) is 0 Å². The highest BCUT2D eigenvalue weighted by molar-refractivity contribution is 5.71. The maximum Gasteiger partial charge on any atom is 0.416 e. The van der Waals surface area contributed by atoms with Gasteiger partial charge in [-0.1, -0.05) is 12.1 Å². The lowest BCUT2D eigenvalue weighted by Gasteiger charge is -2.35. The lowest BCUT2D eigenvalue weighted by Crippen LogP contribution is -2.49. The van der Waals surface area contributed by atoms with Gasteiger partial charge in [-0.15, -0.1) is 0 Å². The molecule has 0 radical (unpaired) electrons. The SMILES string of the molecule is COC(=O)C[C@@H]1COc2cc(O[C@@H]3CCc4c3ccc(C(F)(F)F)c4CN3CCN(C(=O)OC(C)C)CC3)ccc21. The number of esters is 1. The summed E-state index contributed by atoms with van der Waals surface area (Å²) in [4.78, 5) is 27.5. The number of amides is 1. The van der Waals surface area contributed by atoms with E-state index >= 15 is 0 Å². The number of ether oxygens (including phenoxy) is 4. The third-order valence-corrected chi connectivity index (χ3v) is 7.91. The predicted molar refractivity (Wildman–Crippen MR) is 143 cm³/mol. The highest BCUT2D eigenvalue weighted by atomic mass is 19.4. The Labute approximate surface area is 237 Å². The predicted octanol–water partition coefficient (Wildman–Crippen LogP) is 5.47. The monoisotopic (exact) mass is 576 g/mol. The zero-order valence-electron chi connectivity index (χ0n) is 23.5. The molecule has 3 aliphatic rings. The summed E-state index contributed by atoms with van der Waals surface area (Å²) in [5, 5.41) is 0. The molecule has 2 atom stereocenters. The summed E-state index contributed by atoms with van der Waals surface area (Å²) < 4.78 is 64.4. The Bertz CT molecular complexity index is 1290. The van der Waals surface area contributed by atoms with Crippen LogP contribution in [0.5, 0.6) is 11.5 Å². The highest BCUT2D eigenvalue weighted by Crippen LogP contribution is 2.44. The van der Waals surface area contributed by atoms with Gasteiger partial charge in [-0.3, -0.25) is 9.69 Å². The van der Waals surface area contributed by atoms with Crippen molar-refractivity contribution in [2.24, 2.45) is 0 Å². The fourth-order valence-electron chi connectivity index (χ4n) is 5.84. The number of fused-ring (bicyclic) bond motifs is 2. The van der Waals surface area contributed by atoms with E-state index < -0.39 is 17.8 Å². The minimum atomic E-state index is -4.48. The fraction of sp³-hybridized carbons (Fsp3) is 0.533. The topological polar surface area (TPSA) is 77.5 Å². The average molecular weight is 577 g/mol. The first kappa shape index (κ1) is 29.0. The second-order valence-electron chi connectivity index (χ2n) is 11.0. The zero-order valence-corrected chi connectivity index (χ0v) is 23.5. The second-order valence-corrected chi connectivity index (χ2v) is 11.0. The molecule has 0 N–H and O–H groups in total. The molecule has 222 valence electrons. The summed E-state index contributed by atoms with van der Waals surface area (Å²) in [7, 11) is 1.35. The van der Waals surface area contributed by atoms with E-state index in [1.165, 1.54) is 13.2 Å². The number of halogens is 3. The summed E-state index contributed by atoms with van der Waals surface area (Å²) >= 11 is 0. The van der Waals surface area contributed by atoms with Crippen LogP contribution in [0.4, 0.5) is 18.0 Å². The Hall–Kier alpha value is -3.47. The number of methoxy groups -OCH3 is 1. The standard InChI is InChI=1S/C30H35F3N2O6/c1-18(2)40-29(37)35-12-10-34(11-13-35)16-24-22-7-9-26(23(22)6-8-25(24)30(31,32)33)41-20-4-5-21-19(14-28(36)38-3)17-39-27(21)15-20/h4-6,8,15,18-19,26H,7,9-14,16-17H2,1-3H3/t19-,26-/m1/s1. The molecule has 0 saturated carbocycles. The van der Waals surface area contributed by atoms with Crippen LogP contribution in [-0.2, 0) is 33.4 Å². The molecule has 2 aromatic rings. The number of nitrogens with zero attached hydrogens (tertiary/aromatic N) is 2. The van der Waals surface area contributed by atoms with E-state index in [-0.39, 0.29) is 42.6 Å². The Morgan fingerprint density at radius 2 is 1.80 bits per heavy atom. The minimum Gasteiger partial charge on any atom is -0.492 e. The molecular weight excluding hydrogens is 541 g/mol. The maximum absolute atomic E-state index is 14.1. The Morgan fingerprint density at radius 3 is 2.49 bits per heavy atom. The number of carbonyl (C=O) groups excluding carboxylic acids is 2. The summed E-state index contributed by atoms with van der Waals surface area (Å²) in [6.07, 6.45) is -4.24. The van der Waals surface area contributed by atoms with E-state index in [0.29, 0.717) is 62.7 Å². The van der Waals surface area contributed by atoms with Crippen LogP contribution in [0.15, 0.2) is 30.3 Å². The minimum absolute atomic E-state index is 0.0928. The average Bonchev–Trinajstić information content (AvgIpc) is 3.52. The lowest BCUT2D eigenvalue weighted by molar-refractivity contribution is -0.141. The van der Waals surface area contributed by atoms with Crippen LogP contribution in [0, 0.1) is 0 Å². The van der Waals surface area contributed by atoms with Gasteiger partial charge in [-0.25, -0.2) is 4.79 Å². The molecule has 0 unspecified atom stereocenters. The largest absolute Gasteiger partial charge is 0.492 e. The molecule has 41 heavy (non-hydrogen) atoms. The third-order valence-electron chi connectivity index (χ3n) is 7.91. The summed E-state index contributed by atoms with van der Waals surface area (Å²) in [5.41, 5.74) is 2.01. The van der Waals surface area contributed by atoms with E-state index in [1.807, 2.05) is 17.0 Å². The van der Waals surface area contributed by atoms with Crippen LogP contribution in [0.2, 0.25) is 0 Å². The fourth-order valence-corrected chi connectivity index (χ4v) is 5.84. The number of hydrogen-bond donors (Lipinski definition) is 0. The van der Waals surface area contributed by atoms with Crippen molar-refractivity contribution in [2.75, 3.05) is 39.9 Å². The third kappa shape index (κ3) is 6.39. The van der Waals surface area contributed by atoms with Gasteiger partial charge in [0.25, 0.3) is 0 Å². The molecule has 1 amide bonds. The molecule has 2 heterocycles. The van der Waals surface area contributed by atoms with Crippen molar-refractivity contribution in [3.8, 4) is 11.5 Å². The highest BCUT2D eigenvalue weighted by Gasteiger charge is 2.38. The molecule has 0 spiro atoms. The van der Waals surface area contributed by atoms with Crippen molar-refractivity contribution in [1.82, 2.24) is 9.80 Å². The van der Waals surface area contributed by atoms with Gasteiger partial charge < -0.3 is 23.8 Å². The first-order valence-corrected chi connectivity index (χ1v) is 13.9. The second kappa shape index (κ2) is 11.8. The van der Waals surface area contributed by atoms with Crippen LogP contribution in [0.1, 0.15) is 66.5 Å². The molecule has 0 aromatic heterocycles. The molecule has 1 fully saturated rings. The summed E-state index contributed by atoms with van der Waals surface area (Å²) in [6, 6.07) is 8.16. The Morgan fingerprint density at radius 1 is 1.07 bits per heavy atom. The van der Waals surface area contributed by atoms with Gasteiger partial charge in [-0.2, -0.15) is 13.2 Å². The van der Waals surface area contributed by atoms with Gasteiger partial charge in [0.2, 0.25) is 0 Å². The number of carbonyl (C=O) groups is 2. The van der Waals surface area contributed by atoms with E-state index in [9.17, 15) is 22.8 Å². The van der Waals surface area contributed by atoms with E-state index in [2.05, 4.69) is 0 Å². The molecule has 2 aliphatic heterocycles. The molecule has 11 heteroatoms. The molecule has 1 saturated heterocycles. The smallest absolute Gasteiger partial charge is 0.416 e. The van der Waals surface area contributed by atoms with Crippen LogP contribution in [-0.4, -0.2) is 67.9 Å². The van der Waals surface area contributed by atoms with Gasteiger partial charge in [0, 0.05) is 50.3 Å². The van der Waals surface area contributed by atoms with Crippen molar-refractivity contribution < 1.29 is 41.7 Å². The Kier molecular flexibility index (Phi) is 8.35. The van der Waals surface area contributed by atoms with Crippen molar-refractivity contribution >= 4 is 12.1 Å². The molecule has 5 rings (SSSR count). The Balaban J connectivity index is 1.31. The first-order valence-electron chi connectivity index (χ1n) is 13.9. The van der Waals surface area contributed by atoms with Gasteiger partial charge in [0.1, 0.15) is 17.6 Å². The van der Waals surface area contributed by atoms with Gasteiger partial charge in [-0.05, 0) is 55.5 Å². The normalized spacial score (nSPS) is 20.4. The number of rotatable bonds is 7. The summed E-state index contributed by atoms with van der Waals surface area (Å²) in [6.45, 7) is 5.79. The van der Waals surface area contributed by atoms with E-state index in [4.69, 9.17) is 18.9 Å². The quantitative estimate of drug-likeness (QED) is 0.405. The molecular formula is C30H35F3N2O6. The van der Waals surface area contributed by atoms with Gasteiger partial charge in [0.15, 0.2) is 0 Å². The maximum atomic E-state index is 14.1. The van der Waals surface area contributed by atoms with Gasteiger partial charge >= 0.3 is 18.2 Å². The van der Waals surface area contributed by atoms with Crippen molar-refractivity contribution in [2.45, 2.75) is 64.0 Å². The molecule has 1 aliphatic carbocycles.